The second kappa shape index (κ2) is 9.01. The Morgan fingerprint density at radius 2 is 2.10 bits per heavy atom. The smallest absolute Gasteiger partial charge is 0.294 e. The van der Waals surface area contributed by atoms with Gasteiger partial charge in [-0.15, -0.1) is 0 Å². The van der Waals surface area contributed by atoms with Crippen molar-refractivity contribution in [2.45, 2.75) is 13.8 Å². The van der Waals surface area contributed by atoms with Crippen LogP contribution in [0.5, 0.6) is 0 Å². The van der Waals surface area contributed by atoms with Crippen molar-refractivity contribution >= 4 is 17.3 Å². The topological polar surface area (TPSA) is 93.3 Å². The van der Waals surface area contributed by atoms with E-state index in [0.717, 1.165) is 12.2 Å². The molecule has 3 aromatic rings. The number of nitrogens with one attached hydrogen (secondary N) is 1. The minimum absolute atomic E-state index is 0.148. The van der Waals surface area contributed by atoms with Gasteiger partial charge in [-0.25, -0.2) is 4.98 Å². The Bertz CT molecular complexity index is 1000. The van der Waals surface area contributed by atoms with Gasteiger partial charge in [0.1, 0.15) is 5.69 Å². The van der Waals surface area contributed by atoms with Gasteiger partial charge in [-0.05, 0) is 43.7 Å². The lowest BCUT2D eigenvalue weighted by Crippen LogP contribution is -2.35. The van der Waals surface area contributed by atoms with Crippen molar-refractivity contribution in [3.8, 4) is 5.69 Å². The number of aromatic nitrogens is 2. The molecule has 8 nitrogen and oxygen atoms in total. The quantitative estimate of drug-likeness (QED) is 0.468. The lowest BCUT2D eigenvalue weighted by molar-refractivity contribution is -0.384. The summed E-state index contributed by atoms with van der Waals surface area (Å²) in [6.45, 7) is 5.98. The molecule has 0 aliphatic carbocycles. The average molecular weight is 393 g/mol. The molecule has 1 aromatic heterocycles. The predicted octanol–water partition coefficient (Wildman–Crippen LogP) is 3.35. The molecule has 150 valence electrons. The number of rotatable bonds is 8. The van der Waals surface area contributed by atoms with Gasteiger partial charge < -0.3 is 14.8 Å². The van der Waals surface area contributed by atoms with Crippen molar-refractivity contribution < 1.29 is 9.72 Å². The highest BCUT2D eigenvalue weighted by atomic mass is 16.6. The summed E-state index contributed by atoms with van der Waals surface area (Å²) in [6.07, 6.45) is 4.64. The highest BCUT2D eigenvalue weighted by molar-refractivity contribution is 5.95. The first kappa shape index (κ1) is 20.1. The van der Waals surface area contributed by atoms with Crippen molar-refractivity contribution in [3.05, 3.63) is 82.4 Å². The third-order valence-corrected chi connectivity index (χ3v) is 4.63. The molecule has 29 heavy (non-hydrogen) atoms. The molecule has 1 amide bonds. The van der Waals surface area contributed by atoms with Crippen LogP contribution in [-0.2, 0) is 0 Å². The van der Waals surface area contributed by atoms with Crippen LogP contribution in [-0.4, -0.2) is 40.0 Å². The molecule has 1 heterocycles. The van der Waals surface area contributed by atoms with E-state index < -0.39 is 4.92 Å². The standard InChI is InChI=1S/C21H23N5O3/c1-3-24(18-6-4-5-16(2)13-18)12-10-23-21(27)17-7-8-19(20(14-17)26(28)29)25-11-9-22-15-25/h4-9,11,13-15H,3,10,12H2,1-2H3,(H,23,27). The second-order valence-corrected chi connectivity index (χ2v) is 6.61. The number of nitro groups is 1. The van der Waals surface area contributed by atoms with E-state index in [-0.39, 0.29) is 17.2 Å². The zero-order valence-electron chi connectivity index (χ0n) is 16.4. The molecule has 0 fully saturated rings. The fourth-order valence-electron chi connectivity index (χ4n) is 3.13. The number of imidazole rings is 1. The van der Waals surface area contributed by atoms with Crippen LogP contribution in [0.3, 0.4) is 0 Å². The summed E-state index contributed by atoms with van der Waals surface area (Å²) >= 11 is 0. The Kier molecular flexibility index (Phi) is 6.23. The van der Waals surface area contributed by atoms with Gasteiger partial charge in [-0.3, -0.25) is 14.9 Å². The van der Waals surface area contributed by atoms with Gasteiger partial charge in [0.25, 0.3) is 11.6 Å². The van der Waals surface area contributed by atoms with Gasteiger partial charge in [0.2, 0.25) is 0 Å². The number of carbonyl (C=O) groups excluding carboxylic acids is 1. The fourth-order valence-corrected chi connectivity index (χ4v) is 3.13. The highest BCUT2D eigenvalue weighted by Crippen LogP contribution is 2.24. The first-order valence-electron chi connectivity index (χ1n) is 9.36. The van der Waals surface area contributed by atoms with Crippen molar-refractivity contribution in [2.75, 3.05) is 24.5 Å². The molecule has 1 N–H and O–H groups in total. The number of nitrogens with zero attached hydrogens (tertiary/aromatic N) is 4. The van der Waals surface area contributed by atoms with Gasteiger partial charge in [0, 0.05) is 49.3 Å². The Labute approximate surface area is 168 Å². The van der Waals surface area contributed by atoms with E-state index in [4.69, 9.17) is 0 Å². The summed E-state index contributed by atoms with van der Waals surface area (Å²) in [5.41, 5.74) is 2.74. The molecule has 3 rings (SSSR count). The Balaban J connectivity index is 1.67. The van der Waals surface area contributed by atoms with E-state index in [1.807, 2.05) is 25.1 Å². The van der Waals surface area contributed by atoms with Crippen molar-refractivity contribution in [1.29, 1.82) is 0 Å². The molecule has 0 bridgehead atoms. The number of aryl methyl sites for hydroxylation is 1. The monoisotopic (exact) mass is 393 g/mol. The molecule has 0 saturated carbocycles. The molecule has 2 aromatic carbocycles. The molecule has 8 heteroatoms. The maximum atomic E-state index is 12.5. The number of anilines is 1. The van der Waals surface area contributed by atoms with Crippen LogP contribution in [0.25, 0.3) is 5.69 Å². The maximum Gasteiger partial charge on any atom is 0.294 e. The van der Waals surface area contributed by atoms with E-state index in [1.165, 1.54) is 24.2 Å². The van der Waals surface area contributed by atoms with Crippen LogP contribution >= 0.6 is 0 Å². The molecule has 0 radical (unpaired) electrons. The summed E-state index contributed by atoms with van der Waals surface area (Å²) in [5.74, 6) is -0.342. The number of carbonyl (C=O) groups is 1. The van der Waals surface area contributed by atoms with Crippen molar-refractivity contribution in [2.24, 2.45) is 0 Å². The summed E-state index contributed by atoms with van der Waals surface area (Å²) in [5, 5.41) is 14.3. The SMILES string of the molecule is CCN(CCNC(=O)c1ccc(-n2ccnc2)c([N+](=O)[O-])c1)c1cccc(C)c1. The zero-order valence-corrected chi connectivity index (χ0v) is 16.4. The van der Waals surface area contributed by atoms with E-state index in [0.29, 0.717) is 18.8 Å². The first-order valence-corrected chi connectivity index (χ1v) is 9.36. The van der Waals surface area contributed by atoms with E-state index in [2.05, 4.69) is 28.2 Å². The van der Waals surface area contributed by atoms with E-state index >= 15 is 0 Å². The zero-order chi connectivity index (χ0) is 20.8. The lowest BCUT2D eigenvalue weighted by Gasteiger charge is -2.23. The van der Waals surface area contributed by atoms with Gasteiger partial charge in [0.15, 0.2) is 0 Å². The van der Waals surface area contributed by atoms with Crippen LogP contribution in [0.1, 0.15) is 22.8 Å². The summed E-state index contributed by atoms with van der Waals surface area (Å²) < 4.78 is 1.54. The minimum Gasteiger partial charge on any atom is -0.370 e. The molecule has 0 spiro atoms. The highest BCUT2D eigenvalue weighted by Gasteiger charge is 2.18. The number of hydrogen-bond donors (Lipinski definition) is 1. The van der Waals surface area contributed by atoms with Crippen molar-refractivity contribution in [1.82, 2.24) is 14.9 Å². The Hall–Kier alpha value is -3.68. The minimum atomic E-state index is -0.497. The van der Waals surface area contributed by atoms with Crippen LogP contribution in [0.15, 0.2) is 61.2 Å². The lowest BCUT2D eigenvalue weighted by atomic mass is 10.1. The van der Waals surface area contributed by atoms with E-state index in [9.17, 15) is 14.9 Å². The number of hydrogen-bond acceptors (Lipinski definition) is 5. The molecule has 0 unspecified atom stereocenters. The summed E-state index contributed by atoms with van der Waals surface area (Å²) in [6, 6.07) is 12.6. The Morgan fingerprint density at radius 3 is 2.76 bits per heavy atom. The maximum absolute atomic E-state index is 12.5. The van der Waals surface area contributed by atoms with Crippen molar-refractivity contribution in [3.63, 3.8) is 0 Å². The molecular formula is C21H23N5O3. The van der Waals surface area contributed by atoms with Gasteiger partial charge >= 0.3 is 0 Å². The molecule has 0 aliphatic rings. The number of benzene rings is 2. The van der Waals surface area contributed by atoms with Crippen LogP contribution in [0, 0.1) is 17.0 Å². The molecule has 0 aliphatic heterocycles. The molecular weight excluding hydrogens is 370 g/mol. The Morgan fingerprint density at radius 1 is 1.28 bits per heavy atom. The van der Waals surface area contributed by atoms with Crippen LogP contribution in [0.4, 0.5) is 11.4 Å². The van der Waals surface area contributed by atoms with E-state index in [1.54, 1.807) is 22.9 Å². The van der Waals surface area contributed by atoms with Crippen LogP contribution in [0.2, 0.25) is 0 Å². The second-order valence-electron chi connectivity index (χ2n) is 6.61. The van der Waals surface area contributed by atoms with Gasteiger partial charge in [0.05, 0.1) is 11.3 Å². The summed E-state index contributed by atoms with van der Waals surface area (Å²) in [4.78, 5) is 29.5. The van der Waals surface area contributed by atoms with Crippen LogP contribution < -0.4 is 10.2 Å². The fraction of sp³-hybridized carbons (Fsp3) is 0.238. The van der Waals surface area contributed by atoms with Gasteiger partial charge in [-0.2, -0.15) is 0 Å². The molecule has 0 atom stereocenters. The number of nitro benzene ring substituents is 1. The largest absolute Gasteiger partial charge is 0.370 e. The predicted molar refractivity (Wildman–Crippen MR) is 112 cm³/mol. The first-order chi connectivity index (χ1) is 14.0. The third-order valence-electron chi connectivity index (χ3n) is 4.63. The third kappa shape index (κ3) is 4.78. The average Bonchev–Trinajstić information content (AvgIpc) is 3.25. The van der Waals surface area contributed by atoms with Gasteiger partial charge in [-0.1, -0.05) is 12.1 Å². The molecule has 0 saturated heterocycles. The number of amides is 1. The summed E-state index contributed by atoms with van der Waals surface area (Å²) in [7, 11) is 0. The number of likely N-dealkylation sites (N-methyl/N-ethyl adjacent to an activating group) is 1. The normalized spacial score (nSPS) is 10.6.